The van der Waals surface area contributed by atoms with Gasteiger partial charge in [0.2, 0.25) is 5.91 Å². The van der Waals surface area contributed by atoms with Gasteiger partial charge in [0.15, 0.2) is 0 Å². The van der Waals surface area contributed by atoms with E-state index in [0.29, 0.717) is 18.9 Å². The van der Waals surface area contributed by atoms with Crippen LogP contribution in [0.5, 0.6) is 5.75 Å². The summed E-state index contributed by atoms with van der Waals surface area (Å²) in [6.45, 7) is 5.49. The van der Waals surface area contributed by atoms with E-state index >= 15 is 0 Å². The van der Waals surface area contributed by atoms with Gasteiger partial charge in [-0.2, -0.15) is 0 Å². The number of hydrogen-bond donors (Lipinski definition) is 1. The highest BCUT2D eigenvalue weighted by atomic mass is 16.5. The standard InChI is InChI=1S/C27H34N2O2/c1-3-5-17-29(18-6-4-2)24-12-13-25-23(15-19-31-26(25)21-24)14-16-28-27(30)20-22-10-8-7-9-11-22/h1,7-13,21,23H,4-6,14-20H2,2H3,(H,28,30). The van der Waals surface area contributed by atoms with E-state index in [-0.39, 0.29) is 5.91 Å². The number of amides is 1. The zero-order valence-electron chi connectivity index (χ0n) is 18.6. The number of rotatable bonds is 11. The Morgan fingerprint density at radius 3 is 2.84 bits per heavy atom. The van der Waals surface area contributed by atoms with Crippen molar-refractivity contribution in [3.63, 3.8) is 0 Å². The van der Waals surface area contributed by atoms with Crippen molar-refractivity contribution in [2.75, 3.05) is 31.1 Å². The first-order valence-corrected chi connectivity index (χ1v) is 11.5. The number of carbonyl (C=O) groups excluding carboxylic acids is 1. The second kappa shape index (κ2) is 12.1. The smallest absolute Gasteiger partial charge is 0.224 e. The molecule has 1 N–H and O–H groups in total. The molecular weight excluding hydrogens is 384 g/mol. The lowest BCUT2D eigenvalue weighted by molar-refractivity contribution is -0.120. The third-order valence-electron chi connectivity index (χ3n) is 5.86. The number of nitrogens with one attached hydrogen (secondary N) is 1. The molecule has 1 amide bonds. The number of terminal acetylenes is 1. The summed E-state index contributed by atoms with van der Waals surface area (Å²) in [5.74, 6) is 4.22. The molecule has 2 aromatic carbocycles. The van der Waals surface area contributed by atoms with Gasteiger partial charge >= 0.3 is 0 Å². The van der Waals surface area contributed by atoms with Crippen LogP contribution in [0.4, 0.5) is 5.69 Å². The minimum Gasteiger partial charge on any atom is -0.493 e. The van der Waals surface area contributed by atoms with E-state index in [9.17, 15) is 4.79 Å². The number of nitrogens with zero attached hydrogens (tertiary/aromatic N) is 1. The van der Waals surface area contributed by atoms with Crippen molar-refractivity contribution in [3.8, 4) is 18.1 Å². The minimum absolute atomic E-state index is 0.0777. The lowest BCUT2D eigenvalue weighted by Crippen LogP contribution is -2.28. The monoisotopic (exact) mass is 418 g/mol. The van der Waals surface area contributed by atoms with Crippen molar-refractivity contribution in [2.45, 2.75) is 51.4 Å². The maximum absolute atomic E-state index is 12.2. The van der Waals surface area contributed by atoms with Crippen LogP contribution in [-0.4, -0.2) is 32.1 Å². The molecule has 4 heteroatoms. The summed E-state index contributed by atoms with van der Waals surface area (Å²) in [5.41, 5.74) is 3.47. The van der Waals surface area contributed by atoms with E-state index in [4.69, 9.17) is 11.2 Å². The molecule has 1 aliphatic rings. The van der Waals surface area contributed by atoms with Crippen molar-refractivity contribution >= 4 is 11.6 Å². The molecule has 0 bridgehead atoms. The van der Waals surface area contributed by atoms with Crippen LogP contribution in [0.25, 0.3) is 0 Å². The summed E-state index contributed by atoms with van der Waals surface area (Å²) >= 11 is 0. The van der Waals surface area contributed by atoms with E-state index in [0.717, 1.165) is 63.1 Å². The van der Waals surface area contributed by atoms with Crippen molar-refractivity contribution in [3.05, 3.63) is 59.7 Å². The van der Waals surface area contributed by atoms with E-state index in [1.165, 1.54) is 11.3 Å². The molecule has 3 rings (SSSR count). The Kier molecular flexibility index (Phi) is 8.84. The molecule has 0 radical (unpaired) electrons. The molecule has 0 saturated carbocycles. The van der Waals surface area contributed by atoms with Crippen molar-refractivity contribution in [2.24, 2.45) is 0 Å². The number of hydrogen-bond acceptors (Lipinski definition) is 3. The van der Waals surface area contributed by atoms with Gasteiger partial charge in [0.25, 0.3) is 0 Å². The second-order valence-corrected chi connectivity index (χ2v) is 8.15. The Morgan fingerprint density at radius 2 is 2.06 bits per heavy atom. The number of fused-ring (bicyclic) bond motifs is 1. The molecular formula is C27H34N2O2. The maximum atomic E-state index is 12.2. The van der Waals surface area contributed by atoms with Gasteiger partial charge in [-0.1, -0.05) is 49.7 Å². The van der Waals surface area contributed by atoms with Gasteiger partial charge in [-0.15, -0.1) is 12.3 Å². The summed E-state index contributed by atoms with van der Waals surface area (Å²) in [5, 5.41) is 3.08. The predicted octanol–water partition coefficient (Wildman–Crippen LogP) is 4.93. The van der Waals surface area contributed by atoms with E-state index < -0.39 is 0 Å². The highest BCUT2D eigenvalue weighted by Gasteiger charge is 2.22. The summed E-state index contributed by atoms with van der Waals surface area (Å²) in [6.07, 6.45) is 10.9. The summed E-state index contributed by atoms with van der Waals surface area (Å²) < 4.78 is 6.01. The van der Waals surface area contributed by atoms with Gasteiger partial charge in [-0.3, -0.25) is 4.79 Å². The number of ether oxygens (including phenoxy) is 1. The van der Waals surface area contributed by atoms with Crippen LogP contribution in [0.3, 0.4) is 0 Å². The molecule has 0 aromatic heterocycles. The Morgan fingerprint density at radius 1 is 1.23 bits per heavy atom. The van der Waals surface area contributed by atoms with Gasteiger partial charge in [-0.25, -0.2) is 0 Å². The fourth-order valence-corrected chi connectivity index (χ4v) is 4.10. The van der Waals surface area contributed by atoms with Crippen LogP contribution in [0.2, 0.25) is 0 Å². The fraction of sp³-hybridized carbons (Fsp3) is 0.444. The normalized spacial score (nSPS) is 14.8. The summed E-state index contributed by atoms with van der Waals surface area (Å²) in [7, 11) is 0. The van der Waals surface area contributed by atoms with Crippen LogP contribution in [0.15, 0.2) is 48.5 Å². The average molecular weight is 419 g/mol. The van der Waals surface area contributed by atoms with Gasteiger partial charge in [0.05, 0.1) is 13.0 Å². The quantitative estimate of drug-likeness (QED) is 0.526. The molecule has 0 fully saturated rings. The number of unbranched alkanes of at least 4 members (excludes halogenated alkanes) is 1. The van der Waals surface area contributed by atoms with E-state index in [1.807, 2.05) is 30.3 Å². The van der Waals surface area contributed by atoms with Gasteiger partial charge < -0.3 is 15.0 Å². The largest absolute Gasteiger partial charge is 0.493 e. The highest BCUT2D eigenvalue weighted by Crippen LogP contribution is 2.38. The van der Waals surface area contributed by atoms with E-state index in [2.05, 4.69) is 41.3 Å². The maximum Gasteiger partial charge on any atom is 0.224 e. The first-order valence-electron chi connectivity index (χ1n) is 11.5. The Hall–Kier alpha value is -2.93. The molecule has 0 aliphatic carbocycles. The van der Waals surface area contributed by atoms with Crippen LogP contribution >= 0.6 is 0 Å². The minimum atomic E-state index is 0.0777. The van der Waals surface area contributed by atoms with Crippen molar-refractivity contribution in [1.29, 1.82) is 0 Å². The Labute approximate surface area is 187 Å². The van der Waals surface area contributed by atoms with Gasteiger partial charge in [-0.05, 0) is 42.4 Å². The van der Waals surface area contributed by atoms with Gasteiger partial charge in [0, 0.05) is 37.8 Å². The molecule has 1 aliphatic heterocycles. The zero-order valence-corrected chi connectivity index (χ0v) is 18.6. The molecule has 0 saturated heterocycles. The summed E-state index contributed by atoms with van der Waals surface area (Å²) in [4.78, 5) is 14.6. The lowest BCUT2D eigenvalue weighted by atomic mass is 9.90. The topological polar surface area (TPSA) is 41.6 Å². The first-order chi connectivity index (χ1) is 15.2. The average Bonchev–Trinajstić information content (AvgIpc) is 2.79. The molecule has 31 heavy (non-hydrogen) atoms. The number of carbonyl (C=O) groups is 1. The van der Waals surface area contributed by atoms with Gasteiger partial charge in [0.1, 0.15) is 5.75 Å². The van der Waals surface area contributed by atoms with Crippen LogP contribution in [-0.2, 0) is 11.2 Å². The van der Waals surface area contributed by atoms with Crippen LogP contribution in [0, 0.1) is 12.3 Å². The lowest BCUT2D eigenvalue weighted by Gasteiger charge is -2.29. The third-order valence-corrected chi connectivity index (χ3v) is 5.86. The van der Waals surface area contributed by atoms with Crippen molar-refractivity contribution < 1.29 is 9.53 Å². The molecule has 164 valence electrons. The number of benzene rings is 2. The number of anilines is 1. The molecule has 1 unspecified atom stereocenters. The van der Waals surface area contributed by atoms with Crippen LogP contribution in [0.1, 0.15) is 56.1 Å². The molecule has 2 aromatic rings. The second-order valence-electron chi connectivity index (χ2n) is 8.15. The molecule has 4 nitrogen and oxygen atoms in total. The SMILES string of the molecule is C#CCCN(CCCC)c1ccc2c(c1)OCCC2CCNC(=O)Cc1ccccc1. The Balaban J connectivity index is 1.57. The highest BCUT2D eigenvalue weighted by molar-refractivity contribution is 5.78. The zero-order chi connectivity index (χ0) is 21.9. The predicted molar refractivity (Wildman–Crippen MR) is 128 cm³/mol. The molecule has 1 atom stereocenters. The third kappa shape index (κ3) is 6.79. The molecule has 1 heterocycles. The van der Waals surface area contributed by atoms with Crippen molar-refractivity contribution in [1.82, 2.24) is 5.32 Å². The Bertz CT molecular complexity index is 873. The summed E-state index contributed by atoms with van der Waals surface area (Å²) in [6, 6.07) is 16.4. The molecule has 0 spiro atoms. The first kappa shape index (κ1) is 22.7. The van der Waals surface area contributed by atoms with Crippen LogP contribution < -0.4 is 15.0 Å². The van der Waals surface area contributed by atoms with E-state index in [1.54, 1.807) is 0 Å². The fourth-order valence-electron chi connectivity index (χ4n) is 4.10.